The number of nitrogens with one attached hydrogen (secondary N) is 2. The minimum absolute atomic E-state index is 0.138. The van der Waals surface area contributed by atoms with Crippen LogP contribution in [0, 0.1) is 0 Å². The standard InChI is InChI=1S/C15H23ClN4O/c1-3-17-14-8-12(13(16)10-18-14)15(21)19-9-11-6-4-5-7-20(11)2/h8,10-11H,3-7,9H2,1-2H3,(H,17,18)(H,19,21). The molecule has 2 heterocycles. The smallest absolute Gasteiger partial charge is 0.253 e. The summed E-state index contributed by atoms with van der Waals surface area (Å²) in [4.78, 5) is 18.8. The zero-order valence-electron chi connectivity index (χ0n) is 12.7. The Bertz CT molecular complexity index is 495. The highest BCUT2D eigenvalue weighted by atomic mass is 35.5. The molecule has 1 unspecified atom stereocenters. The van der Waals surface area contributed by atoms with Crippen molar-refractivity contribution in [2.75, 3.05) is 32.0 Å². The lowest BCUT2D eigenvalue weighted by Gasteiger charge is -2.32. The molecule has 1 aromatic heterocycles. The van der Waals surface area contributed by atoms with Gasteiger partial charge in [0.25, 0.3) is 5.91 Å². The van der Waals surface area contributed by atoms with Crippen LogP contribution in [0.3, 0.4) is 0 Å². The molecule has 1 aliphatic heterocycles. The Kier molecular flexibility index (Phi) is 5.82. The summed E-state index contributed by atoms with van der Waals surface area (Å²) in [6, 6.07) is 2.11. The maximum absolute atomic E-state index is 12.3. The average molecular weight is 311 g/mol. The first kappa shape index (κ1) is 16.0. The minimum Gasteiger partial charge on any atom is -0.370 e. The quantitative estimate of drug-likeness (QED) is 0.877. The van der Waals surface area contributed by atoms with Crippen LogP contribution in [-0.2, 0) is 0 Å². The van der Waals surface area contributed by atoms with Crippen molar-refractivity contribution in [3.8, 4) is 0 Å². The maximum atomic E-state index is 12.3. The van der Waals surface area contributed by atoms with Crippen LogP contribution in [0.1, 0.15) is 36.5 Å². The highest BCUT2D eigenvalue weighted by Crippen LogP contribution is 2.18. The van der Waals surface area contributed by atoms with E-state index in [1.807, 2.05) is 6.92 Å². The summed E-state index contributed by atoms with van der Waals surface area (Å²) in [6.07, 6.45) is 5.11. The lowest BCUT2D eigenvalue weighted by molar-refractivity contribution is 0.0928. The number of rotatable bonds is 5. The minimum atomic E-state index is -0.138. The van der Waals surface area contributed by atoms with E-state index in [1.165, 1.54) is 19.0 Å². The average Bonchev–Trinajstić information content (AvgIpc) is 2.48. The molecule has 1 atom stereocenters. The molecule has 116 valence electrons. The number of nitrogens with zero attached hydrogens (tertiary/aromatic N) is 2. The highest BCUT2D eigenvalue weighted by molar-refractivity contribution is 6.33. The first-order chi connectivity index (χ1) is 10.1. The van der Waals surface area contributed by atoms with Crippen LogP contribution >= 0.6 is 11.6 Å². The third kappa shape index (κ3) is 4.32. The molecule has 0 spiro atoms. The lowest BCUT2D eigenvalue weighted by atomic mass is 10.0. The van der Waals surface area contributed by atoms with Gasteiger partial charge in [-0.25, -0.2) is 4.98 Å². The number of hydrogen-bond acceptors (Lipinski definition) is 4. The van der Waals surface area contributed by atoms with E-state index in [0.29, 0.717) is 29.0 Å². The van der Waals surface area contributed by atoms with Crippen LogP contribution in [0.5, 0.6) is 0 Å². The molecule has 1 fully saturated rings. The Labute approximate surface area is 131 Å². The van der Waals surface area contributed by atoms with Gasteiger partial charge in [0.2, 0.25) is 0 Å². The molecule has 1 aliphatic rings. The summed E-state index contributed by atoms with van der Waals surface area (Å²) in [5.74, 6) is 0.530. The van der Waals surface area contributed by atoms with Crippen LogP contribution in [-0.4, -0.2) is 48.5 Å². The number of likely N-dealkylation sites (N-methyl/N-ethyl adjacent to an activating group) is 1. The van der Waals surface area contributed by atoms with Crippen molar-refractivity contribution < 1.29 is 4.79 Å². The number of aromatic nitrogens is 1. The SMILES string of the molecule is CCNc1cc(C(=O)NCC2CCCCN2C)c(Cl)cn1. The van der Waals surface area contributed by atoms with E-state index in [1.54, 1.807) is 6.07 Å². The predicted molar refractivity (Wildman–Crippen MR) is 86.0 cm³/mol. The molecule has 0 bridgehead atoms. The van der Waals surface area contributed by atoms with E-state index in [0.717, 1.165) is 19.5 Å². The van der Waals surface area contributed by atoms with Crippen molar-refractivity contribution in [1.29, 1.82) is 0 Å². The summed E-state index contributed by atoms with van der Waals surface area (Å²) in [5, 5.41) is 6.45. The number of pyridine rings is 1. The van der Waals surface area contributed by atoms with Gasteiger partial charge in [0.1, 0.15) is 5.82 Å². The molecule has 0 aliphatic carbocycles. The van der Waals surface area contributed by atoms with Crippen molar-refractivity contribution in [3.05, 3.63) is 22.8 Å². The number of amides is 1. The second-order valence-electron chi connectivity index (χ2n) is 5.42. The van der Waals surface area contributed by atoms with Crippen LogP contribution in [0.4, 0.5) is 5.82 Å². The summed E-state index contributed by atoms with van der Waals surface area (Å²) in [7, 11) is 2.11. The fourth-order valence-electron chi connectivity index (χ4n) is 2.60. The van der Waals surface area contributed by atoms with Crippen molar-refractivity contribution in [3.63, 3.8) is 0 Å². The first-order valence-corrected chi connectivity index (χ1v) is 7.87. The molecule has 1 saturated heterocycles. The van der Waals surface area contributed by atoms with Crippen LogP contribution in [0.25, 0.3) is 0 Å². The molecule has 6 heteroatoms. The van der Waals surface area contributed by atoms with Crippen LogP contribution in [0.2, 0.25) is 5.02 Å². The molecule has 2 rings (SSSR count). The van der Waals surface area contributed by atoms with Gasteiger partial charge in [0, 0.05) is 25.3 Å². The molecule has 0 saturated carbocycles. The van der Waals surface area contributed by atoms with Gasteiger partial charge in [-0.15, -0.1) is 0 Å². The fraction of sp³-hybridized carbons (Fsp3) is 0.600. The van der Waals surface area contributed by atoms with Gasteiger partial charge >= 0.3 is 0 Å². The van der Waals surface area contributed by atoms with Gasteiger partial charge in [-0.05, 0) is 39.4 Å². The normalized spacial score (nSPS) is 19.3. The molecule has 1 aromatic rings. The predicted octanol–water partition coefficient (Wildman–Crippen LogP) is 2.38. The van der Waals surface area contributed by atoms with Gasteiger partial charge in [-0.1, -0.05) is 18.0 Å². The molecular formula is C15H23ClN4O. The molecule has 0 aromatic carbocycles. The zero-order valence-corrected chi connectivity index (χ0v) is 13.4. The third-order valence-corrected chi connectivity index (χ3v) is 4.18. The Balaban J connectivity index is 1.97. The van der Waals surface area contributed by atoms with Gasteiger partial charge in [-0.2, -0.15) is 0 Å². The van der Waals surface area contributed by atoms with Crippen LogP contribution in [0.15, 0.2) is 12.3 Å². The maximum Gasteiger partial charge on any atom is 0.253 e. The second-order valence-corrected chi connectivity index (χ2v) is 5.83. The van der Waals surface area contributed by atoms with Crippen molar-refractivity contribution in [2.45, 2.75) is 32.2 Å². The number of piperidine rings is 1. The third-order valence-electron chi connectivity index (χ3n) is 3.88. The Morgan fingerprint density at radius 1 is 1.52 bits per heavy atom. The van der Waals surface area contributed by atoms with E-state index in [2.05, 4.69) is 27.6 Å². The van der Waals surface area contributed by atoms with Gasteiger partial charge in [0.05, 0.1) is 10.6 Å². The Morgan fingerprint density at radius 2 is 2.33 bits per heavy atom. The monoisotopic (exact) mass is 310 g/mol. The fourth-order valence-corrected chi connectivity index (χ4v) is 2.79. The van der Waals surface area contributed by atoms with E-state index in [9.17, 15) is 4.79 Å². The van der Waals surface area contributed by atoms with E-state index < -0.39 is 0 Å². The summed E-state index contributed by atoms with van der Waals surface area (Å²) in [5.41, 5.74) is 0.473. The largest absolute Gasteiger partial charge is 0.370 e. The zero-order chi connectivity index (χ0) is 15.2. The highest BCUT2D eigenvalue weighted by Gasteiger charge is 2.20. The van der Waals surface area contributed by atoms with E-state index >= 15 is 0 Å². The molecule has 5 nitrogen and oxygen atoms in total. The number of halogens is 1. The lowest BCUT2D eigenvalue weighted by Crippen LogP contribution is -2.44. The first-order valence-electron chi connectivity index (χ1n) is 7.49. The number of hydrogen-bond donors (Lipinski definition) is 2. The molecular weight excluding hydrogens is 288 g/mol. The van der Waals surface area contributed by atoms with Crippen LogP contribution < -0.4 is 10.6 Å². The van der Waals surface area contributed by atoms with E-state index in [4.69, 9.17) is 11.6 Å². The molecule has 1 amide bonds. The summed E-state index contributed by atoms with van der Waals surface area (Å²) < 4.78 is 0. The Morgan fingerprint density at radius 3 is 3.05 bits per heavy atom. The molecule has 0 radical (unpaired) electrons. The van der Waals surface area contributed by atoms with Gasteiger partial charge in [0.15, 0.2) is 0 Å². The molecule has 21 heavy (non-hydrogen) atoms. The second kappa shape index (κ2) is 7.61. The van der Waals surface area contributed by atoms with Crippen molar-refractivity contribution >= 4 is 23.3 Å². The van der Waals surface area contributed by atoms with Crippen molar-refractivity contribution in [1.82, 2.24) is 15.2 Å². The number of likely N-dealkylation sites (tertiary alicyclic amines) is 1. The molecule has 2 N–H and O–H groups in total. The van der Waals surface area contributed by atoms with E-state index in [-0.39, 0.29) is 5.91 Å². The van der Waals surface area contributed by atoms with Gasteiger partial charge < -0.3 is 15.5 Å². The summed E-state index contributed by atoms with van der Waals surface area (Å²) in [6.45, 7) is 4.49. The number of carbonyl (C=O) groups excluding carboxylic acids is 1. The van der Waals surface area contributed by atoms with Gasteiger partial charge in [-0.3, -0.25) is 4.79 Å². The van der Waals surface area contributed by atoms with Crippen molar-refractivity contribution in [2.24, 2.45) is 0 Å². The topological polar surface area (TPSA) is 57.3 Å². The number of anilines is 1. The Hall–Kier alpha value is -1.33. The summed E-state index contributed by atoms with van der Waals surface area (Å²) >= 11 is 6.08. The number of carbonyl (C=O) groups is 1.